The molecule has 0 bridgehead atoms. The normalized spacial score (nSPS) is 12.2. The molecule has 0 atom stereocenters. The Morgan fingerprint density at radius 2 is 1.89 bits per heavy atom. The predicted octanol–water partition coefficient (Wildman–Crippen LogP) is 1.68. The molecule has 0 amide bonds. The van der Waals surface area contributed by atoms with Gasteiger partial charge in [0.15, 0.2) is 0 Å². The molecule has 5 nitrogen and oxygen atoms in total. The van der Waals surface area contributed by atoms with Gasteiger partial charge in [-0.05, 0) is 41.9 Å². The molecule has 0 fully saturated rings. The Morgan fingerprint density at radius 1 is 1.33 bits per heavy atom. The third-order valence-corrected chi connectivity index (χ3v) is 4.88. The number of halogens is 1. The summed E-state index contributed by atoms with van der Waals surface area (Å²) >= 11 is 3.16. The van der Waals surface area contributed by atoms with E-state index >= 15 is 0 Å². The van der Waals surface area contributed by atoms with Crippen LogP contribution in [-0.4, -0.2) is 27.0 Å². The van der Waals surface area contributed by atoms with Gasteiger partial charge in [-0.1, -0.05) is 12.1 Å². The Labute approximate surface area is 115 Å². The van der Waals surface area contributed by atoms with Crippen LogP contribution in [0.2, 0.25) is 0 Å². The Kier molecular flexibility index (Phi) is 4.52. The quantitative estimate of drug-likeness (QED) is 0.849. The molecule has 0 spiro atoms. The molecule has 7 heteroatoms. The summed E-state index contributed by atoms with van der Waals surface area (Å²) in [6.07, 6.45) is 0. The number of rotatable bonds is 4. The molecule has 0 saturated carbocycles. The van der Waals surface area contributed by atoms with Crippen LogP contribution in [0.3, 0.4) is 0 Å². The summed E-state index contributed by atoms with van der Waals surface area (Å²) in [7, 11) is -2.60. The molecule has 0 aromatic heterocycles. The molecule has 1 aromatic rings. The first kappa shape index (κ1) is 15.1. The van der Waals surface area contributed by atoms with E-state index < -0.39 is 21.5 Å². The highest BCUT2D eigenvalue weighted by Crippen LogP contribution is 2.22. The second kappa shape index (κ2) is 5.38. The molecule has 0 unspecified atom stereocenters. The van der Waals surface area contributed by atoms with Gasteiger partial charge in [0.25, 0.3) is 0 Å². The van der Waals surface area contributed by atoms with Gasteiger partial charge in [-0.3, -0.25) is 4.79 Å². The van der Waals surface area contributed by atoms with E-state index in [0.717, 1.165) is 0 Å². The van der Waals surface area contributed by atoms with E-state index in [4.69, 9.17) is 0 Å². The van der Waals surface area contributed by atoms with Crippen molar-refractivity contribution in [3.63, 3.8) is 0 Å². The van der Waals surface area contributed by atoms with E-state index in [1.807, 2.05) is 0 Å². The van der Waals surface area contributed by atoms with E-state index in [2.05, 4.69) is 25.4 Å². The lowest BCUT2D eigenvalue weighted by Crippen LogP contribution is -2.50. The van der Waals surface area contributed by atoms with Crippen LogP contribution in [-0.2, 0) is 19.6 Å². The monoisotopic (exact) mass is 335 g/mol. The molecule has 1 aromatic carbocycles. The Morgan fingerprint density at radius 3 is 2.39 bits per heavy atom. The number of sulfonamides is 1. The van der Waals surface area contributed by atoms with Gasteiger partial charge in [-0.15, -0.1) is 0 Å². The summed E-state index contributed by atoms with van der Waals surface area (Å²) in [6.45, 7) is 2.88. The molecule has 1 N–H and O–H groups in total. The van der Waals surface area contributed by atoms with Crippen molar-refractivity contribution >= 4 is 31.9 Å². The smallest absolute Gasteiger partial charge is 0.326 e. The molecule has 0 aliphatic heterocycles. The van der Waals surface area contributed by atoms with Crippen molar-refractivity contribution < 1.29 is 17.9 Å². The zero-order chi connectivity index (χ0) is 14.0. The molecule has 0 saturated heterocycles. The molecule has 0 radical (unpaired) electrons. The second-order valence-electron chi connectivity index (χ2n) is 4.15. The van der Waals surface area contributed by atoms with Crippen LogP contribution in [0.25, 0.3) is 0 Å². The van der Waals surface area contributed by atoms with Gasteiger partial charge in [0, 0.05) is 4.47 Å². The van der Waals surface area contributed by atoms with Gasteiger partial charge in [-0.2, -0.15) is 4.72 Å². The van der Waals surface area contributed by atoms with Gasteiger partial charge in [0.1, 0.15) is 5.54 Å². The number of esters is 1. The minimum Gasteiger partial charge on any atom is -0.468 e. The summed E-state index contributed by atoms with van der Waals surface area (Å²) in [4.78, 5) is 11.5. The number of ether oxygens (including phenoxy) is 1. The van der Waals surface area contributed by atoms with Crippen LogP contribution in [0, 0.1) is 0 Å². The largest absolute Gasteiger partial charge is 0.468 e. The molecule has 0 aliphatic rings. The topological polar surface area (TPSA) is 72.5 Å². The maximum Gasteiger partial charge on any atom is 0.326 e. The van der Waals surface area contributed by atoms with E-state index in [0.29, 0.717) is 4.47 Å². The van der Waals surface area contributed by atoms with Gasteiger partial charge in [0.05, 0.1) is 12.0 Å². The third-order valence-electron chi connectivity index (χ3n) is 2.21. The van der Waals surface area contributed by atoms with Crippen molar-refractivity contribution in [1.82, 2.24) is 4.72 Å². The Bertz CT molecular complexity index is 554. The first-order valence-corrected chi connectivity index (χ1v) is 7.35. The lowest BCUT2D eigenvalue weighted by atomic mass is 10.1. The second-order valence-corrected chi connectivity index (χ2v) is 6.66. The van der Waals surface area contributed by atoms with Gasteiger partial charge in [-0.25, -0.2) is 8.42 Å². The molecule has 100 valence electrons. The fraction of sp³-hybridized carbons (Fsp3) is 0.364. The summed E-state index contributed by atoms with van der Waals surface area (Å²) in [5.74, 6) is -0.655. The highest BCUT2D eigenvalue weighted by Gasteiger charge is 2.34. The van der Waals surface area contributed by atoms with Gasteiger partial charge < -0.3 is 4.74 Å². The van der Waals surface area contributed by atoms with Crippen molar-refractivity contribution in [2.75, 3.05) is 7.11 Å². The fourth-order valence-corrected chi connectivity index (χ4v) is 3.72. The summed E-state index contributed by atoms with van der Waals surface area (Å²) in [5, 5.41) is 0. The predicted molar refractivity (Wildman–Crippen MR) is 70.6 cm³/mol. The molecule has 1 rings (SSSR count). The lowest BCUT2D eigenvalue weighted by Gasteiger charge is -2.23. The average Bonchev–Trinajstić information content (AvgIpc) is 2.26. The minimum absolute atomic E-state index is 0.0713. The number of benzene rings is 1. The lowest BCUT2D eigenvalue weighted by molar-refractivity contribution is -0.146. The number of hydrogen-bond donors (Lipinski definition) is 1. The number of methoxy groups -OCH3 is 1. The van der Waals surface area contributed by atoms with Gasteiger partial charge >= 0.3 is 5.97 Å². The van der Waals surface area contributed by atoms with E-state index in [1.165, 1.54) is 27.0 Å². The molecular formula is C11H14BrNO4S. The van der Waals surface area contributed by atoms with Crippen molar-refractivity contribution in [2.24, 2.45) is 0 Å². The Balaban J connectivity index is 3.11. The molecule has 0 heterocycles. The van der Waals surface area contributed by atoms with Crippen molar-refractivity contribution in [1.29, 1.82) is 0 Å². The number of nitrogens with one attached hydrogen (secondary N) is 1. The number of carbonyl (C=O) groups is 1. The van der Waals surface area contributed by atoms with Crippen molar-refractivity contribution in [2.45, 2.75) is 24.3 Å². The van der Waals surface area contributed by atoms with Crippen LogP contribution in [0.5, 0.6) is 0 Å². The summed E-state index contributed by atoms with van der Waals surface area (Å²) in [5.41, 5.74) is -1.33. The minimum atomic E-state index is -3.80. The fourth-order valence-electron chi connectivity index (χ4n) is 1.35. The maximum atomic E-state index is 12.1. The number of hydrogen-bond acceptors (Lipinski definition) is 4. The van der Waals surface area contributed by atoms with Crippen LogP contribution in [0.15, 0.2) is 33.6 Å². The van der Waals surface area contributed by atoms with E-state index in [9.17, 15) is 13.2 Å². The first-order chi connectivity index (χ1) is 8.20. The Hall–Kier alpha value is -0.920. The van der Waals surface area contributed by atoms with Crippen LogP contribution >= 0.6 is 15.9 Å². The van der Waals surface area contributed by atoms with Crippen LogP contribution < -0.4 is 4.72 Å². The van der Waals surface area contributed by atoms with Crippen molar-refractivity contribution in [3.05, 3.63) is 28.7 Å². The van der Waals surface area contributed by atoms with Crippen LogP contribution in [0.1, 0.15) is 13.8 Å². The van der Waals surface area contributed by atoms with Gasteiger partial charge in [0.2, 0.25) is 10.0 Å². The first-order valence-electron chi connectivity index (χ1n) is 5.07. The highest BCUT2D eigenvalue weighted by molar-refractivity contribution is 9.10. The summed E-state index contributed by atoms with van der Waals surface area (Å²) < 4.78 is 31.6. The molecule has 0 aliphatic carbocycles. The summed E-state index contributed by atoms with van der Waals surface area (Å²) in [6, 6.07) is 6.36. The standard InChI is InChI=1S/C11H14BrNO4S/c1-11(2,10(14)17-3)13-18(15,16)9-7-5-4-6-8(9)12/h4-7,13H,1-3H3. The average molecular weight is 336 g/mol. The third kappa shape index (κ3) is 3.30. The van der Waals surface area contributed by atoms with Crippen molar-refractivity contribution in [3.8, 4) is 0 Å². The molecule has 18 heavy (non-hydrogen) atoms. The van der Waals surface area contributed by atoms with E-state index in [-0.39, 0.29) is 4.90 Å². The SMILES string of the molecule is COC(=O)C(C)(C)NS(=O)(=O)c1ccccc1Br. The number of carbonyl (C=O) groups excluding carboxylic acids is 1. The zero-order valence-electron chi connectivity index (χ0n) is 10.2. The van der Waals surface area contributed by atoms with Crippen LogP contribution in [0.4, 0.5) is 0 Å². The van der Waals surface area contributed by atoms with E-state index in [1.54, 1.807) is 18.2 Å². The highest BCUT2D eigenvalue weighted by atomic mass is 79.9. The zero-order valence-corrected chi connectivity index (χ0v) is 12.6. The maximum absolute atomic E-state index is 12.1. The molecular weight excluding hydrogens is 322 g/mol.